The van der Waals surface area contributed by atoms with Gasteiger partial charge in [-0.1, -0.05) is 37.3 Å². The van der Waals surface area contributed by atoms with E-state index in [1.54, 1.807) is 13.1 Å². The number of amides is 1. The molecule has 3 atom stereocenters. The number of oxazole rings is 1. The Morgan fingerprint density at radius 2 is 2.06 bits per heavy atom. The Balaban J connectivity index is 1.40. The predicted octanol–water partition coefficient (Wildman–Crippen LogP) is 1.48. The molecule has 0 radical (unpaired) electrons. The summed E-state index contributed by atoms with van der Waals surface area (Å²) >= 11 is 0. The number of hydrogen-bond donors (Lipinski definition) is 3. The van der Waals surface area contributed by atoms with Gasteiger partial charge in [-0.25, -0.2) is 4.79 Å². The van der Waals surface area contributed by atoms with Crippen molar-refractivity contribution in [3.8, 4) is 17.2 Å². The average Bonchev–Trinajstić information content (AvgIpc) is 3.00. The summed E-state index contributed by atoms with van der Waals surface area (Å²) in [5, 5.41) is 25.7. The molecule has 2 heterocycles. The second kappa shape index (κ2) is 9.81. The molecule has 178 valence electrons. The summed E-state index contributed by atoms with van der Waals surface area (Å²) in [6.07, 6.45) is 0.0865. The first-order valence-corrected chi connectivity index (χ1v) is 11.3. The van der Waals surface area contributed by atoms with Crippen molar-refractivity contribution in [3.63, 3.8) is 0 Å². The van der Waals surface area contributed by atoms with Crippen molar-refractivity contribution < 1.29 is 19.1 Å². The van der Waals surface area contributed by atoms with Gasteiger partial charge in [-0.3, -0.25) is 9.36 Å². The highest BCUT2D eigenvalue weighted by molar-refractivity contribution is 5.82. The number of carbonyl (C=O) groups is 1. The van der Waals surface area contributed by atoms with Gasteiger partial charge in [0, 0.05) is 26.6 Å². The Morgan fingerprint density at radius 3 is 2.76 bits per heavy atom. The molecular weight excluding hydrogens is 436 g/mol. The van der Waals surface area contributed by atoms with Crippen molar-refractivity contribution in [1.82, 2.24) is 15.2 Å². The van der Waals surface area contributed by atoms with Crippen LogP contribution in [0.2, 0.25) is 0 Å². The minimum atomic E-state index is -0.998. The molecule has 1 aromatic heterocycles. The van der Waals surface area contributed by atoms with Crippen LogP contribution in [0.5, 0.6) is 0 Å². The molecule has 1 aliphatic heterocycles. The van der Waals surface area contributed by atoms with Crippen LogP contribution in [0.4, 0.5) is 0 Å². The van der Waals surface area contributed by atoms with Gasteiger partial charge in [0.15, 0.2) is 5.58 Å². The summed E-state index contributed by atoms with van der Waals surface area (Å²) in [4.78, 5) is 24.4. The average molecular weight is 465 g/mol. The van der Waals surface area contributed by atoms with Crippen LogP contribution < -0.4 is 16.4 Å². The highest BCUT2D eigenvalue weighted by atomic mass is 16.5. The highest BCUT2D eigenvalue weighted by Gasteiger charge is 2.33. The molecule has 1 amide bonds. The number of aryl methyl sites for hydroxylation is 1. The number of rotatable bonds is 6. The number of hydrogen-bond acceptors (Lipinski definition) is 7. The second-order valence-corrected chi connectivity index (χ2v) is 8.71. The van der Waals surface area contributed by atoms with E-state index in [1.807, 2.05) is 43.3 Å². The van der Waals surface area contributed by atoms with E-state index in [-0.39, 0.29) is 19.1 Å². The maximum Gasteiger partial charge on any atom is 0.419 e. The molecule has 34 heavy (non-hydrogen) atoms. The van der Waals surface area contributed by atoms with Gasteiger partial charge in [-0.2, -0.15) is 5.26 Å². The Morgan fingerprint density at radius 1 is 1.32 bits per heavy atom. The van der Waals surface area contributed by atoms with Crippen LogP contribution in [-0.4, -0.2) is 53.0 Å². The predicted molar refractivity (Wildman–Crippen MR) is 126 cm³/mol. The van der Waals surface area contributed by atoms with Gasteiger partial charge in [0.2, 0.25) is 0 Å². The minimum absolute atomic E-state index is 0.0615. The number of nitrogens with one attached hydrogen (secondary N) is 2. The zero-order valence-corrected chi connectivity index (χ0v) is 19.2. The molecule has 0 aliphatic carbocycles. The van der Waals surface area contributed by atoms with Gasteiger partial charge in [0.25, 0.3) is 5.91 Å². The van der Waals surface area contributed by atoms with Crippen LogP contribution in [-0.2, 0) is 23.0 Å². The van der Waals surface area contributed by atoms with E-state index in [4.69, 9.17) is 9.15 Å². The smallest absolute Gasteiger partial charge is 0.408 e. The molecule has 0 saturated carbocycles. The second-order valence-electron chi connectivity index (χ2n) is 8.71. The Hall–Kier alpha value is -3.45. The van der Waals surface area contributed by atoms with Crippen LogP contribution >= 0.6 is 0 Å². The van der Waals surface area contributed by atoms with Gasteiger partial charge >= 0.3 is 5.76 Å². The molecule has 1 saturated heterocycles. The zero-order chi connectivity index (χ0) is 24.3. The molecule has 2 aromatic carbocycles. The SMILES string of the molecule is CCC1(O)CNCC(C(=O)N[C@H](C#N)Cc2ccc(-c3ccc4oc(=O)n(C)c4c3)cc2)OC1. The monoisotopic (exact) mass is 464 g/mol. The first-order valence-electron chi connectivity index (χ1n) is 11.3. The van der Waals surface area contributed by atoms with Crippen LogP contribution in [0.3, 0.4) is 0 Å². The number of carbonyl (C=O) groups excluding carboxylic acids is 1. The van der Waals surface area contributed by atoms with Gasteiger partial charge in [-0.15, -0.1) is 0 Å². The summed E-state index contributed by atoms with van der Waals surface area (Å²) < 4.78 is 12.3. The lowest BCUT2D eigenvalue weighted by Gasteiger charge is -2.24. The first-order chi connectivity index (χ1) is 16.3. The third-order valence-corrected chi connectivity index (χ3v) is 6.28. The molecule has 3 aromatic rings. The molecule has 1 fully saturated rings. The normalized spacial score (nSPS) is 21.5. The van der Waals surface area contributed by atoms with Gasteiger partial charge in [0.1, 0.15) is 17.7 Å². The third kappa shape index (κ3) is 5.04. The molecule has 9 heteroatoms. The van der Waals surface area contributed by atoms with Crippen molar-refractivity contribution in [3.05, 3.63) is 58.6 Å². The fraction of sp³-hybridized carbons (Fsp3) is 0.400. The number of nitrogens with zero attached hydrogens (tertiary/aromatic N) is 2. The fourth-order valence-electron chi connectivity index (χ4n) is 3.97. The van der Waals surface area contributed by atoms with E-state index in [2.05, 4.69) is 16.7 Å². The number of aliphatic hydroxyl groups is 1. The molecule has 3 N–H and O–H groups in total. The maximum atomic E-state index is 12.6. The number of aromatic nitrogens is 1. The molecule has 1 aliphatic rings. The third-order valence-electron chi connectivity index (χ3n) is 6.28. The lowest BCUT2D eigenvalue weighted by molar-refractivity contribution is -0.135. The summed E-state index contributed by atoms with van der Waals surface area (Å²) in [7, 11) is 1.66. The lowest BCUT2D eigenvalue weighted by Crippen LogP contribution is -2.46. The highest BCUT2D eigenvalue weighted by Crippen LogP contribution is 2.24. The van der Waals surface area contributed by atoms with Crippen molar-refractivity contribution in [2.24, 2.45) is 7.05 Å². The number of benzene rings is 2. The van der Waals surface area contributed by atoms with Crippen LogP contribution in [0.15, 0.2) is 51.7 Å². The Bertz CT molecular complexity index is 1270. The Kier molecular flexibility index (Phi) is 6.84. The number of nitriles is 1. The molecular formula is C25H28N4O5. The quantitative estimate of drug-likeness (QED) is 0.504. The van der Waals surface area contributed by atoms with E-state index in [0.717, 1.165) is 16.7 Å². The maximum absolute atomic E-state index is 12.6. The largest absolute Gasteiger partial charge is 0.419 e. The number of ether oxygens (including phenoxy) is 1. The van der Waals surface area contributed by atoms with E-state index in [1.165, 1.54) is 4.57 Å². The molecule has 9 nitrogen and oxygen atoms in total. The molecule has 2 unspecified atom stereocenters. The van der Waals surface area contributed by atoms with Gasteiger partial charge in [-0.05, 0) is 35.2 Å². The molecule has 0 bridgehead atoms. The fourth-order valence-corrected chi connectivity index (χ4v) is 3.97. The van der Waals surface area contributed by atoms with Crippen molar-refractivity contribution in [2.45, 2.75) is 37.5 Å². The number of β-amino-alcohol motifs (C(OH)–C–C–N with tert-alkyl or cyclic N) is 1. The summed E-state index contributed by atoms with van der Waals surface area (Å²) in [6, 6.07) is 14.7. The van der Waals surface area contributed by atoms with Gasteiger partial charge < -0.3 is 24.9 Å². The summed E-state index contributed by atoms with van der Waals surface area (Å²) in [5.41, 5.74) is 3.04. The minimum Gasteiger partial charge on any atom is -0.408 e. The standard InChI is InChI=1S/C25H28N4O5/c1-3-25(32)14-27-13-22(33-15-25)23(30)28-19(12-26)10-16-4-6-17(7-5-16)18-8-9-21-20(11-18)29(2)24(31)34-21/h4-9,11,19,22,27,32H,3,10,13-15H2,1-2H3,(H,28,30)/t19-,22?,25?/m0/s1. The molecule has 0 spiro atoms. The first kappa shape index (κ1) is 23.7. The summed E-state index contributed by atoms with van der Waals surface area (Å²) in [6.45, 7) is 2.55. The van der Waals surface area contributed by atoms with Crippen molar-refractivity contribution in [2.75, 3.05) is 19.7 Å². The van der Waals surface area contributed by atoms with E-state index < -0.39 is 23.5 Å². The molecule has 4 rings (SSSR count). The van der Waals surface area contributed by atoms with Crippen molar-refractivity contribution >= 4 is 17.0 Å². The Labute approximate surface area is 196 Å². The van der Waals surface area contributed by atoms with Crippen LogP contribution in [0.1, 0.15) is 18.9 Å². The van der Waals surface area contributed by atoms with Crippen LogP contribution in [0.25, 0.3) is 22.2 Å². The summed E-state index contributed by atoms with van der Waals surface area (Å²) in [5.74, 6) is -0.784. The zero-order valence-electron chi connectivity index (χ0n) is 19.2. The van der Waals surface area contributed by atoms with E-state index in [0.29, 0.717) is 30.5 Å². The van der Waals surface area contributed by atoms with E-state index in [9.17, 15) is 20.0 Å². The van der Waals surface area contributed by atoms with Crippen molar-refractivity contribution in [1.29, 1.82) is 5.26 Å². The van der Waals surface area contributed by atoms with Gasteiger partial charge in [0.05, 0.1) is 18.2 Å². The topological polar surface area (TPSA) is 130 Å². The van der Waals surface area contributed by atoms with E-state index >= 15 is 0 Å². The lowest BCUT2D eigenvalue weighted by atomic mass is 10.0. The van der Waals surface area contributed by atoms with Crippen LogP contribution in [0, 0.1) is 11.3 Å². The number of fused-ring (bicyclic) bond motifs is 1.